The minimum Gasteiger partial charge on any atom is -0.507 e. The summed E-state index contributed by atoms with van der Waals surface area (Å²) in [6.07, 6.45) is 3.82. The van der Waals surface area contributed by atoms with Gasteiger partial charge in [0, 0.05) is 27.8 Å². The van der Waals surface area contributed by atoms with Crippen molar-refractivity contribution in [3.05, 3.63) is 88.5 Å². The number of fused-ring (bicyclic) bond motifs is 2. The molecule has 3 aromatic carbocycles. The van der Waals surface area contributed by atoms with E-state index < -0.39 is 12.0 Å². The third kappa shape index (κ3) is 4.33. The van der Waals surface area contributed by atoms with E-state index in [1.807, 2.05) is 42.5 Å². The fourth-order valence-electron chi connectivity index (χ4n) is 5.17. The van der Waals surface area contributed by atoms with Crippen LogP contribution in [0.4, 0.5) is 5.69 Å². The number of hydrogen-bond donors (Lipinski definition) is 2. The number of phenols is 1. The number of benzene rings is 3. The topological polar surface area (TPSA) is 75.6 Å². The average molecular weight is 496 g/mol. The number of aromatic hydroxyl groups is 1. The Balaban J connectivity index is 1.51. The molecule has 1 unspecified atom stereocenters. The van der Waals surface area contributed by atoms with E-state index in [1.165, 1.54) is 0 Å². The highest BCUT2D eigenvalue weighted by molar-refractivity contribution is 6.27. The highest BCUT2D eigenvalue weighted by Gasteiger charge is 2.43. The number of anilines is 1. The molecular formula is C32H33NO4. The van der Waals surface area contributed by atoms with Gasteiger partial charge >= 0.3 is 0 Å². The number of ether oxygens (including phenoxy) is 1. The zero-order chi connectivity index (χ0) is 26.7. The summed E-state index contributed by atoms with van der Waals surface area (Å²) in [5, 5.41) is 14.5. The summed E-state index contributed by atoms with van der Waals surface area (Å²) in [4.78, 5) is 26.3. The molecule has 2 aliphatic rings. The van der Waals surface area contributed by atoms with Gasteiger partial charge in [-0.2, -0.15) is 0 Å². The predicted molar refractivity (Wildman–Crippen MR) is 147 cm³/mol. The molecule has 5 rings (SSSR count). The standard InChI is InChI=1S/C32H33NO4/c1-31(2,3)22-16-19(17-23(30(22)36)32(4,5)6)37-25-13-9-10-18-14-15-24(33-27(18)25)26-28(34)20-11-7-8-12-21(20)29(26)35/h7-17,24,26,33,36H,1-6H3. The van der Waals surface area contributed by atoms with Crippen LogP contribution in [0.2, 0.25) is 0 Å². The van der Waals surface area contributed by atoms with Crippen LogP contribution in [-0.4, -0.2) is 22.7 Å². The first kappa shape index (κ1) is 24.8. The van der Waals surface area contributed by atoms with Crippen LogP contribution in [-0.2, 0) is 10.8 Å². The lowest BCUT2D eigenvalue weighted by Gasteiger charge is -2.29. The Labute approximate surface area is 218 Å². The van der Waals surface area contributed by atoms with Gasteiger partial charge in [-0.15, -0.1) is 0 Å². The molecule has 0 bridgehead atoms. The number of Topliss-reactive ketones (excluding diaryl/α,β-unsaturated/α-hetero) is 2. The van der Waals surface area contributed by atoms with Crippen LogP contribution in [0.1, 0.15) is 78.9 Å². The first-order valence-corrected chi connectivity index (χ1v) is 12.7. The van der Waals surface area contributed by atoms with Gasteiger partial charge < -0.3 is 15.2 Å². The molecule has 3 aromatic rings. The van der Waals surface area contributed by atoms with Gasteiger partial charge in [-0.1, -0.05) is 90.1 Å². The van der Waals surface area contributed by atoms with Gasteiger partial charge in [-0.05, 0) is 29.0 Å². The molecule has 0 saturated heterocycles. The lowest BCUT2D eigenvalue weighted by Crippen LogP contribution is -2.36. The summed E-state index contributed by atoms with van der Waals surface area (Å²) in [5.41, 5.74) is 3.65. The molecule has 0 spiro atoms. The Hall–Kier alpha value is -3.86. The molecule has 2 N–H and O–H groups in total. The Morgan fingerprint density at radius 3 is 1.92 bits per heavy atom. The van der Waals surface area contributed by atoms with Crippen molar-refractivity contribution in [3.8, 4) is 17.2 Å². The summed E-state index contributed by atoms with van der Waals surface area (Å²) < 4.78 is 6.45. The SMILES string of the molecule is CC(C)(C)c1cc(Oc2cccc3c2NC(C2C(=O)c4ccccc4C2=O)C=C3)cc(C(C)(C)C)c1O. The van der Waals surface area contributed by atoms with Gasteiger partial charge in [0.05, 0.1) is 11.7 Å². The van der Waals surface area contributed by atoms with Crippen LogP contribution in [0.15, 0.2) is 60.7 Å². The van der Waals surface area contributed by atoms with Crippen molar-refractivity contribution in [2.45, 2.75) is 58.4 Å². The normalized spacial score (nSPS) is 17.4. The molecule has 1 aliphatic heterocycles. The molecule has 1 heterocycles. The van der Waals surface area contributed by atoms with Crippen molar-refractivity contribution in [2.24, 2.45) is 5.92 Å². The molecule has 0 aromatic heterocycles. The van der Waals surface area contributed by atoms with Crippen molar-refractivity contribution in [1.82, 2.24) is 0 Å². The van der Waals surface area contributed by atoms with Crippen molar-refractivity contribution in [1.29, 1.82) is 0 Å². The number of phenolic OH excluding ortho intramolecular Hbond substituents is 1. The van der Waals surface area contributed by atoms with Crippen LogP contribution >= 0.6 is 0 Å². The summed E-state index contributed by atoms with van der Waals surface area (Å²) in [5.74, 6) is 0.368. The molecule has 5 nitrogen and oxygen atoms in total. The van der Waals surface area contributed by atoms with E-state index in [0.717, 1.165) is 22.4 Å². The van der Waals surface area contributed by atoms with E-state index in [4.69, 9.17) is 4.74 Å². The maximum Gasteiger partial charge on any atom is 0.176 e. The Kier molecular flexibility index (Phi) is 5.78. The monoisotopic (exact) mass is 495 g/mol. The average Bonchev–Trinajstić information content (AvgIpc) is 3.08. The van der Waals surface area contributed by atoms with Gasteiger partial charge in [0.25, 0.3) is 0 Å². The minimum atomic E-state index is -0.816. The largest absolute Gasteiger partial charge is 0.507 e. The van der Waals surface area contributed by atoms with Gasteiger partial charge in [0.15, 0.2) is 17.3 Å². The number of hydrogen-bond acceptors (Lipinski definition) is 5. The predicted octanol–water partition coefficient (Wildman–Crippen LogP) is 7.28. The minimum absolute atomic E-state index is 0.159. The van der Waals surface area contributed by atoms with Crippen LogP contribution in [0, 0.1) is 5.92 Å². The molecule has 1 aliphatic carbocycles. The van der Waals surface area contributed by atoms with Crippen LogP contribution in [0.3, 0.4) is 0 Å². The van der Waals surface area contributed by atoms with Gasteiger partial charge in [0.2, 0.25) is 0 Å². The number of nitrogens with one attached hydrogen (secondary N) is 1. The van der Waals surface area contributed by atoms with E-state index in [1.54, 1.807) is 24.3 Å². The molecule has 190 valence electrons. The highest BCUT2D eigenvalue weighted by Crippen LogP contribution is 2.44. The third-order valence-electron chi connectivity index (χ3n) is 7.16. The smallest absolute Gasteiger partial charge is 0.176 e. The van der Waals surface area contributed by atoms with Crippen LogP contribution < -0.4 is 10.1 Å². The van der Waals surface area contributed by atoms with E-state index in [2.05, 4.69) is 46.9 Å². The highest BCUT2D eigenvalue weighted by atomic mass is 16.5. The molecular weight excluding hydrogens is 462 g/mol. The van der Waals surface area contributed by atoms with E-state index >= 15 is 0 Å². The van der Waals surface area contributed by atoms with Crippen molar-refractivity contribution in [3.63, 3.8) is 0 Å². The number of carbonyl (C=O) groups excluding carboxylic acids is 2. The Morgan fingerprint density at radius 2 is 1.38 bits per heavy atom. The van der Waals surface area contributed by atoms with Crippen molar-refractivity contribution in [2.75, 3.05) is 5.32 Å². The van der Waals surface area contributed by atoms with Crippen molar-refractivity contribution < 1.29 is 19.4 Å². The second-order valence-electron chi connectivity index (χ2n) is 12.0. The van der Waals surface area contributed by atoms with E-state index in [-0.39, 0.29) is 22.4 Å². The molecule has 1 atom stereocenters. The molecule has 0 fully saturated rings. The first-order valence-electron chi connectivity index (χ1n) is 12.7. The Morgan fingerprint density at radius 1 is 0.811 bits per heavy atom. The lowest BCUT2D eigenvalue weighted by atomic mass is 9.79. The summed E-state index contributed by atoms with van der Waals surface area (Å²) >= 11 is 0. The second-order valence-corrected chi connectivity index (χ2v) is 12.0. The maximum atomic E-state index is 13.1. The maximum absolute atomic E-state index is 13.1. The fraction of sp³-hybridized carbons (Fsp3) is 0.312. The zero-order valence-electron chi connectivity index (χ0n) is 22.2. The summed E-state index contributed by atoms with van der Waals surface area (Å²) in [6.45, 7) is 12.4. The molecule has 0 saturated carbocycles. The molecule has 0 amide bonds. The number of rotatable bonds is 3. The number of ketones is 2. The third-order valence-corrected chi connectivity index (χ3v) is 7.16. The van der Waals surface area contributed by atoms with E-state index in [0.29, 0.717) is 28.4 Å². The molecule has 0 radical (unpaired) electrons. The quantitative estimate of drug-likeness (QED) is 0.373. The summed E-state index contributed by atoms with van der Waals surface area (Å²) in [7, 11) is 0. The molecule has 37 heavy (non-hydrogen) atoms. The van der Waals surface area contributed by atoms with Crippen LogP contribution in [0.5, 0.6) is 17.2 Å². The lowest BCUT2D eigenvalue weighted by molar-refractivity contribution is 0.0833. The zero-order valence-corrected chi connectivity index (χ0v) is 22.2. The van der Waals surface area contributed by atoms with Gasteiger partial charge in [-0.3, -0.25) is 9.59 Å². The first-order chi connectivity index (χ1) is 17.4. The van der Waals surface area contributed by atoms with Crippen LogP contribution in [0.25, 0.3) is 6.08 Å². The summed E-state index contributed by atoms with van der Waals surface area (Å²) in [6, 6.07) is 16.0. The van der Waals surface area contributed by atoms with E-state index in [9.17, 15) is 14.7 Å². The van der Waals surface area contributed by atoms with Crippen molar-refractivity contribution >= 4 is 23.3 Å². The molecule has 5 heteroatoms. The fourth-order valence-corrected chi connectivity index (χ4v) is 5.17. The van der Waals surface area contributed by atoms with Gasteiger partial charge in [0.1, 0.15) is 17.4 Å². The van der Waals surface area contributed by atoms with Gasteiger partial charge in [-0.25, -0.2) is 0 Å². The number of para-hydroxylation sites is 1. The number of carbonyl (C=O) groups is 2. The Bertz CT molecular complexity index is 1380. The second kappa shape index (κ2) is 8.62.